The zero-order chi connectivity index (χ0) is 11.3. The molecule has 0 amide bonds. The first kappa shape index (κ1) is 16.0. The van der Waals surface area contributed by atoms with Gasteiger partial charge in [0.2, 0.25) is 0 Å². The van der Waals surface area contributed by atoms with Gasteiger partial charge in [0.1, 0.15) is 0 Å². The molecule has 1 aliphatic heterocycles. The first-order valence-corrected chi connectivity index (χ1v) is 6.09. The molecule has 0 aromatic rings. The predicted octanol–water partition coefficient (Wildman–Crippen LogP) is 2.57. The number of halogens is 1. The number of piperidine rings is 1. The van der Waals surface area contributed by atoms with Gasteiger partial charge < -0.3 is 10.2 Å². The third-order valence-corrected chi connectivity index (χ3v) is 2.96. The summed E-state index contributed by atoms with van der Waals surface area (Å²) in [5, 5.41) is 3.43. The van der Waals surface area contributed by atoms with E-state index in [0.717, 1.165) is 31.5 Å². The molecule has 1 rings (SSSR count). The van der Waals surface area contributed by atoms with Crippen molar-refractivity contribution in [3.05, 3.63) is 0 Å². The van der Waals surface area contributed by atoms with Gasteiger partial charge in [-0.15, -0.1) is 24.0 Å². The fraction of sp³-hybridized carbons (Fsp3) is 0.917. The fourth-order valence-electron chi connectivity index (χ4n) is 1.85. The van der Waals surface area contributed by atoms with Crippen LogP contribution in [0.4, 0.5) is 0 Å². The minimum atomic E-state index is 0. The van der Waals surface area contributed by atoms with Crippen molar-refractivity contribution in [3.63, 3.8) is 0 Å². The number of aliphatic imine (C=N–C) groups is 1. The molecule has 0 aromatic carbocycles. The molecule has 0 saturated carbocycles. The van der Waals surface area contributed by atoms with Crippen LogP contribution in [0.2, 0.25) is 0 Å². The first-order chi connectivity index (χ1) is 7.13. The molecule has 0 bridgehead atoms. The Morgan fingerprint density at radius 2 is 1.94 bits per heavy atom. The molecule has 1 saturated heterocycles. The lowest BCUT2D eigenvalue weighted by molar-refractivity contribution is 0.272. The third kappa shape index (κ3) is 5.37. The third-order valence-electron chi connectivity index (χ3n) is 2.96. The van der Waals surface area contributed by atoms with Crippen molar-refractivity contribution in [2.75, 3.05) is 26.7 Å². The molecule has 1 aliphatic rings. The van der Waals surface area contributed by atoms with Crippen LogP contribution < -0.4 is 5.32 Å². The molecule has 0 radical (unpaired) electrons. The van der Waals surface area contributed by atoms with E-state index in [9.17, 15) is 0 Å². The Hall–Kier alpha value is 0. The number of guanidine groups is 1. The van der Waals surface area contributed by atoms with Crippen molar-refractivity contribution in [2.45, 2.75) is 33.6 Å². The Bertz CT molecular complexity index is 208. The number of nitrogens with zero attached hydrogens (tertiary/aromatic N) is 2. The molecule has 0 aliphatic carbocycles. The maximum absolute atomic E-state index is 4.34. The molecular formula is C12H26IN3. The summed E-state index contributed by atoms with van der Waals surface area (Å²) in [5.41, 5.74) is 0. The highest BCUT2D eigenvalue weighted by Crippen LogP contribution is 2.15. The number of likely N-dealkylation sites (tertiary alicyclic amines) is 1. The van der Waals surface area contributed by atoms with Gasteiger partial charge >= 0.3 is 0 Å². The summed E-state index contributed by atoms with van der Waals surface area (Å²) in [5.74, 6) is 2.63. The van der Waals surface area contributed by atoms with Crippen molar-refractivity contribution in [1.29, 1.82) is 0 Å². The summed E-state index contributed by atoms with van der Waals surface area (Å²) in [6.07, 6.45) is 2.59. The standard InChI is InChI=1S/C12H25N3.HI/c1-10(2)9-14-12(13-4)15-7-5-11(3)6-8-15;/h10-11H,5-9H2,1-4H3,(H,13,14);1H. The summed E-state index contributed by atoms with van der Waals surface area (Å²) in [6.45, 7) is 10.1. The Kier molecular flexibility index (Phi) is 8.14. The lowest BCUT2D eigenvalue weighted by atomic mass is 9.99. The van der Waals surface area contributed by atoms with E-state index < -0.39 is 0 Å². The zero-order valence-corrected chi connectivity index (χ0v) is 13.3. The number of hydrogen-bond acceptors (Lipinski definition) is 1. The van der Waals surface area contributed by atoms with Crippen LogP contribution >= 0.6 is 24.0 Å². The van der Waals surface area contributed by atoms with Gasteiger partial charge in [-0.05, 0) is 24.7 Å². The van der Waals surface area contributed by atoms with Gasteiger partial charge in [-0.25, -0.2) is 0 Å². The SMILES string of the molecule is CN=C(NCC(C)C)N1CCC(C)CC1.I. The minimum absolute atomic E-state index is 0. The van der Waals surface area contributed by atoms with E-state index in [-0.39, 0.29) is 24.0 Å². The highest BCUT2D eigenvalue weighted by molar-refractivity contribution is 14.0. The molecule has 3 nitrogen and oxygen atoms in total. The smallest absolute Gasteiger partial charge is 0.193 e. The normalized spacial score (nSPS) is 18.6. The fourth-order valence-corrected chi connectivity index (χ4v) is 1.85. The maximum atomic E-state index is 4.34. The van der Waals surface area contributed by atoms with Gasteiger partial charge in [-0.1, -0.05) is 20.8 Å². The molecule has 1 fully saturated rings. The minimum Gasteiger partial charge on any atom is -0.356 e. The van der Waals surface area contributed by atoms with Gasteiger partial charge in [-0.3, -0.25) is 4.99 Å². The number of hydrogen-bond donors (Lipinski definition) is 1. The number of nitrogens with one attached hydrogen (secondary N) is 1. The average Bonchev–Trinajstić information content (AvgIpc) is 2.21. The Morgan fingerprint density at radius 1 is 1.38 bits per heavy atom. The van der Waals surface area contributed by atoms with Gasteiger partial charge in [-0.2, -0.15) is 0 Å². The Morgan fingerprint density at radius 3 is 2.38 bits per heavy atom. The summed E-state index contributed by atoms with van der Waals surface area (Å²) in [4.78, 5) is 6.72. The summed E-state index contributed by atoms with van der Waals surface area (Å²) in [6, 6.07) is 0. The number of rotatable bonds is 2. The van der Waals surface area contributed by atoms with Gasteiger partial charge in [0.05, 0.1) is 0 Å². The van der Waals surface area contributed by atoms with Gasteiger partial charge in [0.25, 0.3) is 0 Å². The van der Waals surface area contributed by atoms with Crippen LogP contribution in [0.3, 0.4) is 0 Å². The van der Waals surface area contributed by atoms with E-state index in [1.807, 2.05) is 7.05 Å². The highest BCUT2D eigenvalue weighted by atomic mass is 127. The molecular weight excluding hydrogens is 313 g/mol. The van der Waals surface area contributed by atoms with Crippen LogP contribution in [0.1, 0.15) is 33.6 Å². The summed E-state index contributed by atoms with van der Waals surface area (Å²) >= 11 is 0. The van der Waals surface area contributed by atoms with Crippen LogP contribution in [0.25, 0.3) is 0 Å². The molecule has 16 heavy (non-hydrogen) atoms. The van der Waals surface area contributed by atoms with E-state index in [1.165, 1.54) is 12.8 Å². The molecule has 0 unspecified atom stereocenters. The highest BCUT2D eigenvalue weighted by Gasteiger charge is 2.18. The largest absolute Gasteiger partial charge is 0.356 e. The lowest BCUT2D eigenvalue weighted by Crippen LogP contribution is -2.46. The monoisotopic (exact) mass is 339 g/mol. The Labute approximate surface area is 117 Å². The second-order valence-electron chi connectivity index (χ2n) is 4.99. The van der Waals surface area contributed by atoms with E-state index in [2.05, 4.69) is 36.0 Å². The molecule has 96 valence electrons. The van der Waals surface area contributed by atoms with Crippen molar-refractivity contribution < 1.29 is 0 Å². The summed E-state index contributed by atoms with van der Waals surface area (Å²) < 4.78 is 0. The van der Waals surface area contributed by atoms with Crippen LogP contribution in [0.15, 0.2) is 4.99 Å². The molecule has 1 heterocycles. The van der Waals surface area contributed by atoms with Crippen molar-refractivity contribution in [1.82, 2.24) is 10.2 Å². The Balaban J connectivity index is 0.00000225. The first-order valence-electron chi connectivity index (χ1n) is 6.09. The van der Waals surface area contributed by atoms with Gasteiger partial charge in [0.15, 0.2) is 5.96 Å². The second-order valence-corrected chi connectivity index (χ2v) is 4.99. The summed E-state index contributed by atoms with van der Waals surface area (Å²) in [7, 11) is 1.88. The van der Waals surface area contributed by atoms with Crippen LogP contribution in [-0.4, -0.2) is 37.5 Å². The van der Waals surface area contributed by atoms with E-state index in [4.69, 9.17) is 0 Å². The lowest BCUT2D eigenvalue weighted by Gasteiger charge is -2.33. The molecule has 4 heteroatoms. The quantitative estimate of drug-likeness (QED) is 0.476. The molecule has 1 N–H and O–H groups in total. The maximum Gasteiger partial charge on any atom is 0.193 e. The topological polar surface area (TPSA) is 27.6 Å². The molecule has 0 atom stereocenters. The van der Waals surface area contributed by atoms with Crippen LogP contribution in [0.5, 0.6) is 0 Å². The zero-order valence-electron chi connectivity index (χ0n) is 11.0. The van der Waals surface area contributed by atoms with Gasteiger partial charge in [0, 0.05) is 26.7 Å². The van der Waals surface area contributed by atoms with Crippen LogP contribution in [-0.2, 0) is 0 Å². The van der Waals surface area contributed by atoms with Crippen molar-refractivity contribution in [2.24, 2.45) is 16.8 Å². The van der Waals surface area contributed by atoms with E-state index in [1.54, 1.807) is 0 Å². The molecule has 0 aromatic heterocycles. The van der Waals surface area contributed by atoms with Crippen molar-refractivity contribution in [3.8, 4) is 0 Å². The second kappa shape index (κ2) is 8.14. The molecule has 0 spiro atoms. The van der Waals surface area contributed by atoms with Crippen LogP contribution in [0, 0.1) is 11.8 Å². The predicted molar refractivity (Wildman–Crippen MR) is 81.6 cm³/mol. The van der Waals surface area contributed by atoms with E-state index in [0.29, 0.717) is 5.92 Å². The average molecular weight is 339 g/mol. The van der Waals surface area contributed by atoms with Crippen molar-refractivity contribution >= 4 is 29.9 Å². The van der Waals surface area contributed by atoms with E-state index >= 15 is 0 Å².